The van der Waals surface area contributed by atoms with Crippen molar-refractivity contribution in [3.8, 4) is 5.75 Å². The molecule has 0 saturated carbocycles. The second-order valence-electron chi connectivity index (χ2n) is 5.70. The number of para-hydroxylation sites is 2. The lowest BCUT2D eigenvalue weighted by atomic mass is 10.1. The second kappa shape index (κ2) is 7.89. The molecule has 0 amide bonds. The van der Waals surface area contributed by atoms with E-state index in [1.165, 1.54) is 18.2 Å². The van der Waals surface area contributed by atoms with Gasteiger partial charge < -0.3 is 19.8 Å². The SMILES string of the molecule is CCOc1ccccc1NC(=S)Nc1ccc2c(C(F)(F)F)cc(=O)oc2c1. The largest absolute Gasteiger partial charge is 0.492 e. The minimum absolute atomic E-state index is 0.192. The molecule has 0 atom stereocenters. The topological polar surface area (TPSA) is 63.5 Å². The molecule has 3 aromatic rings. The van der Waals surface area contributed by atoms with Gasteiger partial charge in [0.05, 0.1) is 17.9 Å². The van der Waals surface area contributed by atoms with Gasteiger partial charge in [0.15, 0.2) is 5.11 Å². The summed E-state index contributed by atoms with van der Waals surface area (Å²) < 4.78 is 49.7. The standard InChI is InChI=1S/C19H15F3N2O3S/c1-2-26-15-6-4-3-5-14(15)24-18(28)23-11-7-8-12-13(19(20,21)22)10-17(25)27-16(12)9-11/h3-10H,2H2,1H3,(H2,23,24,28). The molecule has 0 saturated heterocycles. The van der Waals surface area contributed by atoms with Gasteiger partial charge in [-0.15, -0.1) is 0 Å². The average Bonchev–Trinajstić information content (AvgIpc) is 2.61. The molecule has 28 heavy (non-hydrogen) atoms. The van der Waals surface area contributed by atoms with Crippen molar-refractivity contribution in [1.82, 2.24) is 0 Å². The highest BCUT2D eigenvalue weighted by Crippen LogP contribution is 2.34. The number of halogens is 3. The van der Waals surface area contributed by atoms with Gasteiger partial charge in [-0.05, 0) is 43.4 Å². The molecule has 0 aliphatic rings. The number of anilines is 2. The zero-order valence-electron chi connectivity index (χ0n) is 14.6. The summed E-state index contributed by atoms with van der Waals surface area (Å²) in [5.74, 6) is 0.605. The maximum Gasteiger partial charge on any atom is 0.417 e. The van der Waals surface area contributed by atoms with Crippen molar-refractivity contribution < 1.29 is 22.3 Å². The molecule has 2 N–H and O–H groups in total. The first kappa shape index (κ1) is 19.7. The van der Waals surface area contributed by atoms with E-state index in [-0.39, 0.29) is 16.1 Å². The molecule has 0 radical (unpaired) electrons. The molecule has 9 heteroatoms. The number of hydrogen-bond donors (Lipinski definition) is 2. The van der Waals surface area contributed by atoms with Crippen LogP contribution in [0.5, 0.6) is 5.75 Å². The molecule has 3 rings (SSSR count). The first-order valence-electron chi connectivity index (χ1n) is 8.23. The van der Waals surface area contributed by atoms with Gasteiger partial charge in [0, 0.05) is 23.2 Å². The van der Waals surface area contributed by atoms with Crippen molar-refractivity contribution in [2.75, 3.05) is 17.2 Å². The van der Waals surface area contributed by atoms with Crippen LogP contribution in [0.2, 0.25) is 0 Å². The van der Waals surface area contributed by atoms with Crippen LogP contribution >= 0.6 is 12.2 Å². The first-order valence-corrected chi connectivity index (χ1v) is 8.63. The fourth-order valence-electron chi connectivity index (χ4n) is 2.61. The van der Waals surface area contributed by atoms with Crippen molar-refractivity contribution in [2.24, 2.45) is 0 Å². The number of fused-ring (bicyclic) bond motifs is 1. The summed E-state index contributed by atoms with van der Waals surface area (Å²) in [6.07, 6.45) is -4.66. The van der Waals surface area contributed by atoms with Gasteiger partial charge >= 0.3 is 11.8 Å². The molecule has 0 aliphatic heterocycles. The van der Waals surface area contributed by atoms with Crippen LogP contribution in [0.15, 0.2) is 57.7 Å². The number of hydrogen-bond acceptors (Lipinski definition) is 4. The molecule has 1 aromatic heterocycles. The van der Waals surface area contributed by atoms with Gasteiger partial charge in [0.25, 0.3) is 0 Å². The summed E-state index contributed by atoms with van der Waals surface area (Å²) in [7, 11) is 0. The third-order valence-corrected chi connectivity index (χ3v) is 3.95. The monoisotopic (exact) mass is 408 g/mol. The first-order chi connectivity index (χ1) is 13.3. The Balaban J connectivity index is 1.85. The van der Waals surface area contributed by atoms with E-state index < -0.39 is 17.4 Å². The maximum atomic E-state index is 13.1. The minimum Gasteiger partial charge on any atom is -0.492 e. The Morgan fingerprint density at radius 3 is 2.61 bits per heavy atom. The van der Waals surface area contributed by atoms with Crippen LogP contribution in [0.25, 0.3) is 11.0 Å². The molecule has 146 valence electrons. The van der Waals surface area contributed by atoms with Crippen LogP contribution in [0.3, 0.4) is 0 Å². The molecule has 1 heterocycles. The number of ether oxygens (including phenoxy) is 1. The predicted octanol–water partition coefficient (Wildman–Crippen LogP) is 5.02. The summed E-state index contributed by atoms with van der Waals surface area (Å²) in [5, 5.41) is 5.80. The highest BCUT2D eigenvalue weighted by Gasteiger charge is 2.33. The van der Waals surface area contributed by atoms with E-state index in [1.807, 2.05) is 13.0 Å². The van der Waals surface area contributed by atoms with Gasteiger partial charge in [-0.3, -0.25) is 0 Å². The van der Waals surface area contributed by atoms with Gasteiger partial charge in [-0.1, -0.05) is 12.1 Å². The summed E-state index contributed by atoms with van der Waals surface area (Å²) in [4.78, 5) is 11.5. The lowest BCUT2D eigenvalue weighted by Crippen LogP contribution is -2.19. The lowest BCUT2D eigenvalue weighted by Gasteiger charge is -2.15. The second-order valence-corrected chi connectivity index (χ2v) is 6.10. The zero-order valence-corrected chi connectivity index (χ0v) is 15.4. The lowest BCUT2D eigenvalue weighted by molar-refractivity contribution is -0.136. The molecule has 0 fully saturated rings. The van der Waals surface area contributed by atoms with E-state index in [2.05, 4.69) is 10.6 Å². The fraction of sp³-hybridized carbons (Fsp3) is 0.158. The van der Waals surface area contributed by atoms with Gasteiger partial charge in [0.1, 0.15) is 11.3 Å². The molecule has 2 aromatic carbocycles. The van der Waals surface area contributed by atoms with E-state index in [0.29, 0.717) is 29.8 Å². The van der Waals surface area contributed by atoms with Crippen molar-refractivity contribution in [1.29, 1.82) is 0 Å². The fourth-order valence-corrected chi connectivity index (χ4v) is 2.84. The molecule has 0 bridgehead atoms. The van der Waals surface area contributed by atoms with E-state index >= 15 is 0 Å². The maximum absolute atomic E-state index is 13.1. The summed E-state index contributed by atoms with van der Waals surface area (Å²) in [5.41, 5.74) is -1.32. The van der Waals surface area contributed by atoms with Crippen LogP contribution in [0.1, 0.15) is 12.5 Å². The van der Waals surface area contributed by atoms with E-state index in [1.54, 1.807) is 18.2 Å². The Hall–Kier alpha value is -3.07. The highest BCUT2D eigenvalue weighted by atomic mass is 32.1. The number of alkyl halides is 3. The number of benzene rings is 2. The van der Waals surface area contributed by atoms with Crippen molar-refractivity contribution in [2.45, 2.75) is 13.1 Å². The van der Waals surface area contributed by atoms with Crippen LogP contribution in [-0.4, -0.2) is 11.7 Å². The molecular formula is C19H15F3N2O3S. The highest BCUT2D eigenvalue weighted by molar-refractivity contribution is 7.80. The van der Waals surface area contributed by atoms with Crippen LogP contribution in [-0.2, 0) is 6.18 Å². The molecule has 0 spiro atoms. The smallest absolute Gasteiger partial charge is 0.417 e. The Bertz CT molecular complexity index is 1080. The van der Waals surface area contributed by atoms with E-state index in [0.717, 1.165) is 0 Å². The van der Waals surface area contributed by atoms with Gasteiger partial charge in [-0.25, -0.2) is 4.79 Å². The van der Waals surface area contributed by atoms with Gasteiger partial charge in [0.2, 0.25) is 0 Å². The van der Waals surface area contributed by atoms with Crippen LogP contribution < -0.4 is 21.0 Å². The van der Waals surface area contributed by atoms with Crippen LogP contribution in [0.4, 0.5) is 24.5 Å². The van der Waals surface area contributed by atoms with Crippen molar-refractivity contribution in [3.63, 3.8) is 0 Å². The van der Waals surface area contributed by atoms with Crippen molar-refractivity contribution >= 4 is 39.7 Å². The third kappa shape index (κ3) is 4.42. The van der Waals surface area contributed by atoms with Crippen LogP contribution in [0, 0.1) is 0 Å². The Labute approximate surface area is 163 Å². The van der Waals surface area contributed by atoms with Crippen molar-refractivity contribution in [3.05, 3.63) is 64.5 Å². The number of rotatable bonds is 4. The normalized spacial score (nSPS) is 11.3. The number of nitrogens with one attached hydrogen (secondary N) is 2. The van der Waals surface area contributed by atoms with E-state index in [4.69, 9.17) is 21.4 Å². The minimum atomic E-state index is -4.66. The average molecular weight is 408 g/mol. The molecule has 5 nitrogen and oxygen atoms in total. The summed E-state index contributed by atoms with van der Waals surface area (Å²) >= 11 is 5.25. The number of thiocarbonyl (C=S) groups is 1. The summed E-state index contributed by atoms with van der Waals surface area (Å²) in [6.45, 7) is 2.33. The zero-order chi connectivity index (χ0) is 20.3. The van der Waals surface area contributed by atoms with Gasteiger partial charge in [-0.2, -0.15) is 13.2 Å². The molecule has 0 unspecified atom stereocenters. The van der Waals surface area contributed by atoms with E-state index in [9.17, 15) is 18.0 Å². The summed E-state index contributed by atoms with van der Waals surface area (Å²) in [6, 6.07) is 11.5. The predicted molar refractivity (Wildman–Crippen MR) is 105 cm³/mol. The Morgan fingerprint density at radius 2 is 1.89 bits per heavy atom. The molecule has 0 aliphatic carbocycles. The Morgan fingerprint density at radius 1 is 1.14 bits per heavy atom. The Kier molecular flexibility index (Phi) is 5.55. The quantitative estimate of drug-likeness (QED) is 0.467. The third-order valence-electron chi connectivity index (χ3n) is 3.74. The molecular weight excluding hydrogens is 393 g/mol.